The van der Waals surface area contributed by atoms with Crippen molar-refractivity contribution in [2.24, 2.45) is 11.3 Å². The second-order valence-corrected chi connectivity index (χ2v) is 7.90. The van der Waals surface area contributed by atoms with Gasteiger partial charge in [0, 0.05) is 36.5 Å². The molecule has 3 aliphatic rings. The van der Waals surface area contributed by atoms with Gasteiger partial charge in [0.2, 0.25) is 0 Å². The molecular weight excluding hydrogens is 342 g/mol. The maximum absolute atomic E-state index is 12.1. The molecule has 5 rings (SSSR count). The molecule has 2 aromatic rings. The van der Waals surface area contributed by atoms with Crippen LogP contribution in [0.2, 0.25) is 0 Å². The molecule has 1 aliphatic carbocycles. The molecule has 2 atom stereocenters. The van der Waals surface area contributed by atoms with Gasteiger partial charge in [-0.05, 0) is 31.6 Å². The van der Waals surface area contributed by atoms with Crippen LogP contribution >= 0.6 is 0 Å². The minimum atomic E-state index is -0.818. The van der Waals surface area contributed by atoms with E-state index in [2.05, 4.69) is 4.90 Å². The van der Waals surface area contributed by atoms with E-state index in [0.717, 1.165) is 55.1 Å². The zero-order valence-electron chi connectivity index (χ0n) is 15.2. The highest BCUT2D eigenvalue weighted by Gasteiger charge is 2.54. The monoisotopic (exact) mass is 365 g/mol. The summed E-state index contributed by atoms with van der Waals surface area (Å²) in [6.45, 7) is 2.13. The fourth-order valence-electron chi connectivity index (χ4n) is 4.84. The maximum atomic E-state index is 12.1. The van der Waals surface area contributed by atoms with Gasteiger partial charge in [-0.2, -0.15) is 0 Å². The minimum Gasteiger partial charge on any atom is -0.481 e. The van der Waals surface area contributed by atoms with Crippen molar-refractivity contribution in [2.45, 2.75) is 25.7 Å². The molecule has 0 bridgehead atoms. The summed E-state index contributed by atoms with van der Waals surface area (Å²) in [6, 6.07) is 10.0. The average Bonchev–Trinajstić information content (AvgIpc) is 3.33. The van der Waals surface area contributed by atoms with Gasteiger partial charge in [0.1, 0.15) is 11.2 Å². The quantitative estimate of drug-likeness (QED) is 0.901. The van der Waals surface area contributed by atoms with Gasteiger partial charge in [-0.25, -0.2) is 9.97 Å². The number of fused-ring (bicyclic) bond motifs is 2. The van der Waals surface area contributed by atoms with Gasteiger partial charge < -0.3 is 14.7 Å². The van der Waals surface area contributed by atoms with E-state index < -0.39 is 11.4 Å². The second kappa shape index (κ2) is 6.30. The van der Waals surface area contributed by atoms with E-state index in [0.29, 0.717) is 19.8 Å². The largest absolute Gasteiger partial charge is 0.481 e. The standard InChI is InChI=1S/C21H23N3O3/c25-20(26)21-12-24(11-15(21)9-10-27-13-21)19-16-7-4-8-17(16)22-18(23-19)14-5-2-1-3-6-14/h1-3,5-6,15H,4,7-13H2,(H,25,26)/t15-,21+/m0/s1. The number of aromatic nitrogens is 2. The van der Waals surface area contributed by atoms with Crippen LogP contribution in [0.25, 0.3) is 11.4 Å². The molecule has 2 aliphatic heterocycles. The molecule has 6 heteroatoms. The molecule has 1 aromatic heterocycles. The number of aliphatic carboxylic acids is 1. The van der Waals surface area contributed by atoms with Crippen molar-refractivity contribution in [3.63, 3.8) is 0 Å². The van der Waals surface area contributed by atoms with E-state index in [-0.39, 0.29) is 5.92 Å². The van der Waals surface area contributed by atoms with E-state index >= 15 is 0 Å². The highest BCUT2D eigenvalue weighted by atomic mass is 16.5. The average molecular weight is 365 g/mol. The molecule has 140 valence electrons. The van der Waals surface area contributed by atoms with Crippen molar-refractivity contribution in [2.75, 3.05) is 31.2 Å². The first-order chi connectivity index (χ1) is 13.2. The normalized spacial score (nSPS) is 26.7. The fraction of sp³-hybridized carbons (Fsp3) is 0.476. The summed E-state index contributed by atoms with van der Waals surface area (Å²) in [5.41, 5.74) is 2.51. The number of benzene rings is 1. The predicted molar refractivity (Wildman–Crippen MR) is 101 cm³/mol. The topological polar surface area (TPSA) is 75.6 Å². The van der Waals surface area contributed by atoms with E-state index in [1.807, 2.05) is 30.3 Å². The Morgan fingerprint density at radius 2 is 2.07 bits per heavy atom. The van der Waals surface area contributed by atoms with Crippen LogP contribution in [0, 0.1) is 11.3 Å². The van der Waals surface area contributed by atoms with E-state index in [9.17, 15) is 9.90 Å². The van der Waals surface area contributed by atoms with Gasteiger partial charge in [0.05, 0.1) is 6.61 Å². The number of carbonyl (C=O) groups is 1. The second-order valence-electron chi connectivity index (χ2n) is 7.90. The van der Waals surface area contributed by atoms with Crippen molar-refractivity contribution < 1.29 is 14.6 Å². The van der Waals surface area contributed by atoms with Gasteiger partial charge in [-0.1, -0.05) is 30.3 Å². The zero-order valence-corrected chi connectivity index (χ0v) is 15.2. The van der Waals surface area contributed by atoms with Crippen molar-refractivity contribution in [3.8, 4) is 11.4 Å². The highest BCUT2D eigenvalue weighted by molar-refractivity contribution is 5.78. The lowest BCUT2D eigenvalue weighted by molar-refractivity contribution is -0.159. The van der Waals surface area contributed by atoms with Crippen LogP contribution in [0.4, 0.5) is 5.82 Å². The number of ether oxygens (including phenoxy) is 1. The summed E-state index contributed by atoms with van der Waals surface area (Å²) >= 11 is 0. The van der Waals surface area contributed by atoms with Gasteiger partial charge >= 0.3 is 5.97 Å². The van der Waals surface area contributed by atoms with Crippen molar-refractivity contribution >= 4 is 11.8 Å². The van der Waals surface area contributed by atoms with E-state index in [4.69, 9.17) is 14.7 Å². The molecule has 6 nitrogen and oxygen atoms in total. The number of anilines is 1. The highest BCUT2D eigenvalue weighted by Crippen LogP contribution is 2.44. The Bertz CT molecular complexity index is 886. The molecule has 3 heterocycles. The molecule has 0 spiro atoms. The summed E-state index contributed by atoms with van der Waals surface area (Å²) in [5.74, 6) is 1.03. The molecule has 1 N–H and O–H groups in total. The predicted octanol–water partition coefficient (Wildman–Crippen LogP) is 2.56. The third-order valence-electron chi connectivity index (χ3n) is 6.33. The smallest absolute Gasteiger partial charge is 0.314 e. The molecule has 27 heavy (non-hydrogen) atoms. The summed E-state index contributed by atoms with van der Waals surface area (Å²) in [5, 5.41) is 9.95. The molecule has 0 unspecified atom stereocenters. The minimum absolute atomic E-state index is 0.107. The van der Waals surface area contributed by atoms with Gasteiger partial charge in [0.25, 0.3) is 0 Å². The Labute approximate surface area is 158 Å². The lowest BCUT2D eigenvalue weighted by Gasteiger charge is -2.33. The van der Waals surface area contributed by atoms with Crippen LogP contribution < -0.4 is 4.90 Å². The number of carboxylic acids is 1. The number of hydrogen-bond acceptors (Lipinski definition) is 5. The van der Waals surface area contributed by atoms with Crippen molar-refractivity contribution in [1.29, 1.82) is 0 Å². The Balaban J connectivity index is 1.57. The summed E-state index contributed by atoms with van der Waals surface area (Å²) in [4.78, 5) is 24.0. The van der Waals surface area contributed by atoms with Gasteiger partial charge in [0.15, 0.2) is 5.82 Å². The zero-order chi connectivity index (χ0) is 18.4. The Morgan fingerprint density at radius 3 is 2.85 bits per heavy atom. The van der Waals surface area contributed by atoms with E-state index in [1.165, 1.54) is 5.56 Å². The number of hydrogen-bond donors (Lipinski definition) is 1. The SMILES string of the molecule is O=C(O)[C@]12COCC[C@H]1CN(c1nc(-c3ccccc3)nc3c1CCC3)C2. The third kappa shape index (κ3) is 2.62. The first-order valence-corrected chi connectivity index (χ1v) is 9.69. The first kappa shape index (κ1) is 16.7. The van der Waals surface area contributed by atoms with Crippen LogP contribution in [-0.4, -0.2) is 47.3 Å². The Morgan fingerprint density at radius 1 is 1.22 bits per heavy atom. The molecule has 0 saturated carbocycles. The van der Waals surface area contributed by atoms with E-state index in [1.54, 1.807) is 0 Å². The maximum Gasteiger partial charge on any atom is 0.314 e. The van der Waals surface area contributed by atoms with Crippen molar-refractivity contribution in [3.05, 3.63) is 41.6 Å². The summed E-state index contributed by atoms with van der Waals surface area (Å²) < 4.78 is 5.58. The van der Waals surface area contributed by atoms with Crippen LogP contribution in [0.15, 0.2) is 30.3 Å². The molecule has 2 saturated heterocycles. The first-order valence-electron chi connectivity index (χ1n) is 9.69. The number of carboxylic acid groups (broad SMARTS) is 1. The Hall–Kier alpha value is -2.47. The fourth-order valence-corrected chi connectivity index (χ4v) is 4.84. The molecular formula is C21H23N3O3. The molecule has 2 fully saturated rings. The van der Waals surface area contributed by atoms with Crippen LogP contribution in [0.3, 0.4) is 0 Å². The van der Waals surface area contributed by atoms with Gasteiger partial charge in [-0.15, -0.1) is 0 Å². The lowest BCUT2D eigenvalue weighted by Crippen LogP contribution is -2.46. The molecule has 0 radical (unpaired) electrons. The van der Waals surface area contributed by atoms with Crippen LogP contribution in [0.1, 0.15) is 24.1 Å². The third-order valence-corrected chi connectivity index (χ3v) is 6.33. The lowest BCUT2D eigenvalue weighted by atomic mass is 9.76. The van der Waals surface area contributed by atoms with Crippen molar-refractivity contribution in [1.82, 2.24) is 9.97 Å². The van der Waals surface area contributed by atoms with Crippen LogP contribution in [0.5, 0.6) is 0 Å². The van der Waals surface area contributed by atoms with Gasteiger partial charge in [-0.3, -0.25) is 4.79 Å². The Kier molecular flexibility index (Phi) is 3.90. The molecule has 0 amide bonds. The summed E-state index contributed by atoms with van der Waals surface area (Å²) in [6.07, 6.45) is 3.81. The summed E-state index contributed by atoms with van der Waals surface area (Å²) in [7, 11) is 0. The number of aryl methyl sites for hydroxylation is 1. The van der Waals surface area contributed by atoms with Crippen LogP contribution in [-0.2, 0) is 22.4 Å². The molecule has 1 aromatic carbocycles. The number of nitrogens with zero attached hydrogens (tertiary/aromatic N) is 3. The number of rotatable bonds is 3.